The normalized spacial score (nSPS) is 37.5. The Morgan fingerprint density at radius 2 is 1.88 bits per heavy atom. The van der Waals surface area contributed by atoms with Crippen molar-refractivity contribution >= 4 is 0 Å². The van der Waals surface area contributed by atoms with Gasteiger partial charge in [-0.2, -0.15) is 0 Å². The molecular weight excluding hydrogens is 194 g/mol. The smallest absolute Gasteiger partial charge is 0.00123 e. The van der Waals surface area contributed by atoms with Crippen molar-refractivity contribution in [1.29, 1.82) is 0 Å². The highest BCUT2D eigenvalue weighted by Gasteiger charge is 2.26. The van der Waals surface area contributed by atoms with Gasteiger partial charge in [0, 0.05) is 13.1 Å². The third-order valence-electron chi connectivity index (χ3n) is 4.96. The van der Waals surface area contributed by atoms with Gasteiger partial charge < -0.3 is 4.90 Å². The van der Waals surface area contributed by atoms with Gasteiger partial charge in [-0.3, -0.25) is 0 Å². The second kappa shape index (κ2) is 6.05. The van der Waals surface area contributed by atoms with Gasteiger partial charge in [-0.25, -0.2) is 0 Å². The van der Waals surface area contributed by atoms with Crippen LogP contribution in [0.3, 0.4) is 0 Å². The number of hydrogen-bond acceptors (Lipinski definition) is 1. The van der Waals surface area contributed by atoms with Gasteiger partial charge >= 0.3 is 0 Å². The standard InChI is InChI=1S/C15H29N/c1-3-14-8-6-10-16(11-14)12-15-9-5-4-7-13(15)2/h13-15H,3-12H2,1-2H3. The average molecular weight is 223 g/mol. The SMILES string of the molecule is CCC1CCCN(CC2CCCCC2C)C1. The first-order chi connectivity index (χ1) is 7.79. The maximum absolute atomic E-state index is 2.77. The molecule has 2 aliphatic rings. The number of nitrogens with zero attached hydrogens (tertiary/aromatic N) is 1. The quantitative estimate of drug-likeness (QED) is 0.700. The zero-order chi connectivity index (χ0) is 11.4. The van der Waals surface area contributed by atoms with Crippen LogP contribution in [0.2, 0.25) is 0 Å². The van der Waals surface area contributed by atoms with Crippen molar-refractivity contribution in [3.63, 3.8) is 0 Å². The van der Waals surface area contributed by atoms with Gasteiger partial charge in [0.1, 0.15) is 0 Å². The average Bonchev–Trinajstić information content (AvgIpc) is 2.32. The summed E-state index contributed by atoms with van der Waals surface area (Å²) < 4.78 is 0. The Balaban J connectivity index is 1.79. The van der Waals surface area contributed by atoms with Gasteiger partial charge in [0.15, 0.2) is 0 Å². The lowest BCUT2D eigenvalue weighted by atomic mass is 9.79. The van der Waals surface area contributed by atoms with Crippen molar-refractivity contribution in [2.24, 2.45) is 17.8 Å². The van der Waals surface area contributed by atoms with E-state index in [4.69, 9.17) is 0 Å². The first-order valence-electron chi connectivity index (χ1n) is 7.52. The number of piperidine rings is 1. The van der Waals surface area contributed by atoms with E-state index in [-0.39, 0.29) is 0 Å². The minimum absolute atomic E-state index is 0.982. The van der Waals surface area contributed by atoms with Crippen LogP contribution in [0, 0.1) is 17.8 Å². The molecule has 0 aromatic rings. The van der Waals surface area contributed by atoms with E-state index < -0.39 is 0 Å². The molecule has 94 valence electrons. The second-order valence-corrected chi connectivity index (χ2v) is 6.20. The van der Waals surface area contributed by atoms with Crippen molar-refractivity contribution in [3.05, 3.63) is 0 Å². The summed E-state index contributed by atoms with van der Waals surface area (Å²) >= 11 is 0. The lowest BCUT2D eigenvalue weighted by Gasteiger charge is -2.38. The topological polar surface area (TPSA) is 3.24 Å². The highest BCUT2D eigenvalue weighted by Crippen LogP contribution is 2.31. The maximum Gasteiger partial charge on any atom is 0.00123 e. The van der Waals surface area contributed by atoms with Gasteiger partial charge in [-0.15, -0.1) is 0 Å². The maximum atomic E-state index is 2.77. The molecule has 2 fully saturated rings. The zero-order valence-corrected chi connectivity index (χ0v) is 11.3. The molecular formula is C15H29N. The summed E-state index contributed by atoms with van der Waals surface area (Å²) in [6.07, 6.45) is 10.3. The fourth-order valence-electron chi connectivity index (χ4n) is 3.65. The van der Waals surface area contributed by atoms with E-state index in [0.29, 0.717) is 0 Å². The molecule has 0 spiro atoms. The lowest BCUT2D eigenvalue weighted by molar-refractivity contribution is 0.114. The van der Waals surface area contributed by atoms with E-state index in [1.54, 1.807) is 0 Å². The molecule has 0 amide bonds. The molecule has 1 saturated carbocycles. The second-order valence-electron chi connectivity index (χ2n) is 6.20. The molecule has 1 aliphatic heterocycles. The molecule has 1 heteroatoms. The van der Waals surface area contributed by atoms with Crippen LogP contribution in [0.25, 0.3) is 0 Å². The van der Waals surface area contributed by atoms with E-state index in [0.717, 1.165) is 17.8 Å². The molecule has 1 heterocycles. The molecule has 1 nitrogen and oxygen atoms in total. The van der Waals surface area contributed by atoms with Crippen molar-refractivity contribution in [2.75, 3.05) is 19.6 Å². The first-order valence-corrected chi connectivity index (χ1v) is 7.52. The summed E-state index contributed by atoms with van der Waals surface area (Å²) in [6.45, 7) is 9.00. The van der Waals surface area contributed by atoms with Crippen LogP contribution in [0.15, 0.2) is 0 Å². The van der Waals surface area contributed by atoms with Crippen LogP contribution >= 0.6 is 0 Å². The summed E-state index contributed by atoms with van der Waals surface area (Å²) in [6, 6.07) is 0. The molecule has 2 rings (SSSR count). The molecule has 3 atom stereocenters. The van der Waals surface area contributed by atoms with Gasteiger partial charge in [0.25, 0.3) is 0 Å². The largest absolute Gasteiger partial charge is 0.303 e. The fourth-order valence-corrected chi connectivity index (χ4v) is 3.65. The van der Waals surface area contributed by atoms with E-state index in [2.05, 4.69) is 18.7 Å². The minimum atomic E-state index is 0.982. The predicted molar refractivity (Wildman–Crippen MR) is 70.6 cm³/mol. The number of rotatable bonds is 3. The molecule has 16 heavy (non-hydrogen) atoms. The van der Waals surface area contributed by atoms with Gasteiger partial charge in [-0.1, -0.05) is 39.5 Å². The molecule has 0 bridgehead atoms. The summed E-state index contributed by atoms with van der Waals surface area (Å²) in [5.41, 5.74) is 0. The Hall–Kier alpha value is -0.0400. The Kier molecular flexibility index (Phi) is 4.69. The molecule has 1 saturated heterocycles. The van der Waals surface area contributed by atoms with Crippen molar-refractivity contribution in [3.8, 4) is 0 Å². The van der Waals surface area contributed by atoms with E-state index in [1.165, 1.54) is 64.6 Å². The summed E-state index contributed by atoms with van der Waals surface area (Å²) in [7, 11) is 0. The van der Waals surface area contributed by atoms with Crippen LogP contribution in [-0.2, 0) is 0 Å². The third kappa shape index (κ3) is 3.23. The van der Waals surface area contributed by atoms with Crippen LogP contribution in [0.4, 0.5) is 0 Å². The number of hydrogen-bond donors (Lipinski definition) is 0. The number of likely N-dealkylation sites (tertiary alicyclic amines) is 1. The van der Waals surface area contributed by atoms with E-state index in [9.17, 15) is 0 Å². The third-order valence-corrected chi connectivity index (χ3v) is 4.96. The van der Waals surface area contributed by atoms with Gasteiger partial charge in [-0.05, 0) is 43.6 Å². The molecule has 0 N–H and O–H groups in total. The highest BCUT2D eigenvalue weighted by atomic mass is 15.1. The van der Waals surface area contributed by atoms with E-state index >= 15 is 0 Å². The predicted octanol–water partition coefficient (Wildman–Crippen LogP) is 3.93. The Morgan fingerprint density at radius 3 is 2.62 bits per heavy atom. The Morgan fingerprint density at radius 1 is 1.06 bits per heavy atom. The van der Waals surface area contributed by atoms with Crippen LogP contribution in [-0.4, -0.2) is 24.5 Å². The van der Waals surface area contributed by atoms with Crippen molar-refractivity contribution in [1.82, 2.24) is 4.90 Å². The highest BCUT2D eigenvalue weighted by molar-refractivity contribution is 4.79. The Bertz CT molecular complexity index is 202. The first kappa shape index (κ1) is 12.4. The van der Waals surface area contributed by atoms with Gasteiger partial charge in [0.2, 0.25) is 0 Å². The molecule has 3 unspecified atom stereocenters. The van der Waals surface area contributed by atoms with Gasteiger partial charge in [0.05, 0.1) is 0 Å². The summed E-state index contributed by atoms with van der Waals surface area (Å²) in [5.74, 6) is 2.98. The summed E-state index contributed by atoms with van der Waals surface area (Å²) in [4.78, 5) is 2.77. The zero-order valence-electron chi connectivity index (χ0n) is 11.3. The van der Waals surface area contributed by atoms with Crippen LogP contribution in [0.1, 0.15) is 58.8 Å². The lowest BCUT2D eigenvalue weighted by Crippen LogP contribution is -2.40. The monoisotopic (exact) mass is 223 g/mol. The van der Waals surface area contributed by atoms with Crippen LogP contribution < -0.4 is 0 Å². The molecule has 0 aromatic carbocycles. The van der Waals surface area contributed by atoms with E-state index in [1.807, 2.05) is 0 Å². The Labute approximate surface area is 102 Å². The van der Waals surface area contributed by atoms with Crippen LogP contribution in [0.5, 0.6) is 0 Å². The molecule has 0 radical (unpaired) electrons. The summed E-state index contributed by atoms with van der Waals surface area (Å²) in [5, 5.41) is 0. The fraction of sp³-hybridized carbons (Fsp3) is 1.00. The van der Waals surface area contributed by atoms with Crippen molar-refractivity contribution < 1.29 is 0 Å². The molecule has 1 aliphatic carbocycles. The minimum Gasteiger partial charge on any atom is -0.303 e. The van der Waals surface area contributed by atoms with Crippen molar-refractivity contribution in [2.45, 2.75) is 58.8 Å². The molecule has 0 aromatic heterocycles.